The fourth-order valence-electron chi connectivity index (χ4n) is 3.39. The zero-order valence-electron chi connectivity index (χ0n) is 12.5. The Morgan fingerprint density at radius 1 is 1.42 bits per heavy atom. The van der Waals surface area contributed by atoms with Crippen molar-refractivity contribution in [2.45, 2.75) is 51.6 Å². The Hall–Kier alpha value is -0.160. The van der Waals surface area contributed by atoms with Crippen LogP contribution in [0.25, 0.3) is 0 Å². The molecule has 0 bridgehead atoms. The fraction of sp³-hybridized carbons (Fsp3) is 1.00. The van der Waals surface area contributed by atoms with Crippen molar-refractivity contribution in [2.75, 3.05) is 39.5 Å². The Balaban J connectivity index is 1.96. The summed E-state index contributed by atoms with van der Waals surface area (Å²) in [6, 6.07) is 0.892. The van der Waals surface area contributed by atoms with Crippen molar-refractivity contribution < 1.29 is 9.84 Å². The largest absolute Gasteiger partial charge is 0.395 e. The maximum Gasteiger partial charge on any atom is 0.0586 e. The molecule has 2 heterocycles. The number of hydrogen-bond acceptors (Lipinski definition) is 4. The van der Waals surface area contributed by atoms with Crippen LogP contribution in [0.4, 0.5) is 0 Å². The van der Waals surface area contributed by atoms with Crippen molar-refractivity contribution in [1.29, 1.82) is 0 Å². The van der Waals surface area contributed by atoms with Gasteiger partial charge >= 0.3 is 0 Å². The predicted octanol–water partition coefficient (Wildman–Crippen LogP) is 1.24. The summed E-state index contributed by atoms with van der Waals surface area (Å²) in [5.41, 5.74) is 0.236. The zero-order chi connectivity index (χ0) is 13.7. The first-order chi connectivity index (χ1) is 9.15. The predicted molar refractivity (Wildman–Crippen MR) is 77.3 cm³/mol. The Bertz CT molecular complexity index is 265. The standard InChI is InChI=1S/C15H30N2O2/c1-13(2)16-10-15(6-4-8-19-12-15)11-17-7-3-5-14(17)9-18/h13-14,16,18H,3-12H2,1-2H3. The van der Waals surface area contributed by atoms with Crippen LogP contribution in [0.5, 0.6) is 0 Å². The monoisotopic (exact) mass is 270 g/mol. The molecule has 19 heavy (non-hydrogen) atoms. The molecular formula is C15H30N2O2. The van der Waals surface area contributed by atoms with Crippen molar-refractivity contribution in [3.63, 3.8) is 0 Å². The third-order valence-corrected chi connectivity index (χ3v) is 4.54. The number of aliphatic hydroxyl groups is 1. The lowest BCUT2D eigenvalue weighted by Crippen LogP contribution is -2.51. The molecule has 2 saturated heterocycles. The van der Waals surface area contributed by atoms with Crippen molar-refractivity contribution in [3.8, 4) is 0 Å². The van der Waals surface area contributed by atoms with Crippen LogP contribution in [0.3, 0.4) is 0 Å². The van der Waals surface area contributed by atoms with E-state index in [4.69, 9.17) is 4.74 Å². The highest BCUT2D eigenvalue weighted by Crippen LogP contribution is 2.32. The van der Waals surface area contributed by atoms with Crippen molar-refractivity contribution in [3.05, 3.63) is 0 Å². The highest BCUT2D eigenvalue weighted by atomic mass is 16.5. The van der Waals surface area contributed by atoms with Crippen LogP contribution in [0, 0.1) is 5.41 Å². The molecule has 0 aromatic rings. The van der Waals surface area contributed by atoms with Gasteiger partial charge in [-0.25, -0.2) is 0 Å². The van der Waals surface area contributed by atoms with Gasteiger partial charge in [-0.3, -0.25) is 4.90 Å². The highest BCUT2D eigenvalue weighted by Gasteiger charge is 2.37. The smallest absolute Gasteiger partial charge is 0.0586 e. The molecule has 2 atom stereocenters. The molecular weight excluding hydrogens is 240 g/mol. The molecule has 2 aliphatic rings. The third kappa shape index (κ3) is 4.15. The Morgan fingerprint density at radius 2 is 2.26 bits per heavy atom. The molecule has 4 heteroatoms. The van der Waals surface area contributed by atoms with Crippen LogP contribution in [-0.4, -0.2) is 61.5 Å². The van der Waals surface area contributed by atoms with Gasteiger partial charge in [0, 0.05) is 37.2 Å². The lowest BCUT2D eigenvalue weighted by molar-refractivity contribution is -0.0318. The summed E-state index contributed by atoms with van der Waals surface area (Å²) in [5, 5.41) is 13.1. The van der Waals surface area contributed by atoms with Gasteiger partial charge in [-0.15, -0.1) is 0 Å². The number of hydrogen-bond donors (Lipinski definition) is 2. The van der Waals surface area contributed by atoms with Gasteiger partial charge in [-0.1, -0.05) is 13.8 Å². The molecule has 0 aromatic heterocycles. The Kier molecular flexibility index (Phi) is 5.63. The van der Waals surface area contributed by atoms with Crippen molar-refractivity contribution in [1.82, 2.24) is 10.2 Å². The number of nitrogens with one attached hydrogen (secondary N) is 1. The summed E-state index contributed by atoms with van der Waals surface area (Å²) in [4.78, 5) is 2.48. The topological polar surface area (TPSA) is 44.7 Å². The average Bonchev–Trinajstić information content (AvgIpc) is 2.85. The minimum atomic E-state index is 0.236. The molecule has 0 aliphatic carbocycles. The molecule has 0 saturated carbocycles. The van der Waals surface area contributed by atoms with E-state index in [1.807, 2.05) is 0 Å². The number of aliphatic hydroxyl groups excluding tert-OH is 1. The molecule has 2 unspecified atom stereocenters. The van der Waals surface area contributed by atoms with Gasteiger partial charge in [0.05, 0.1) is 13.2 Å². The molecule has 2 rings (SSSR count). The summed E-state index contributed by atoms with van der Waals surface area (Å²) in [7, 11) is 0. The number of likely N-dealkylation sites (tertiary alicyclic amines) is 1. The minimum Gasteiger partial charge on any atom is -0.395 e. The highest BCUT2D eigenvalue weighted by molar-refractivity contribution is 4.91. The fourth-order valence-corrected chi connectivity index (χ4v) is 3.39. The van der Waals surface area contributed by atoms with Gasteiger partial charge in [0.2, 0.25) is 0 Å². The molecule has 112 valence electrons. The summed E-state index contributed by atoms with van der Waals surface area (Å²) in [5.74, 6) is 0. The van der Waals surface area contributed by atoms with Gasteiger partial charge in [0.25, 0.3) is 0 Å². The molecule has 2 N–H and O–H groups in total. The summed E-state index contributed by atoms with van der Waals surface area (Å²) in [6.07, 6.45) is 4.77. The third-order valence-electron chi connectivity index (χ3n) is 4.54. The van der Waals surface area contributed by atoms with Crippen LogP contribution in [0.15, 0.2) is 0 Å². The normalized spacial score (nSPS) is 33.2. The Labute approximate surface area is 117 Å². The van der Waals surface area contributed by atoms with E-state index in [2.05, 4.69) is 24.1 Å². The second-order valence-corrected chi connectivity index (χ2v) is 6.64. The summed E-state index contributed by atoms with van der Waals surface area (Å²) >= 11 is 0. The van der Waals surface area contributed by atoms with E-state index in [0.29, 0.717) is 18.7 Å². The van der Waals surface area contributed by atoms with E-state index in [1.54, 1.807) is 0 Å². The quantitative estimate of drug-likeness (QED) is 0.762. The molecule has 0 aromatic carbocycles. The maximum absolute atomic E-state index is 9.48. The summed E-state index contributed by atoms with van der Waals surface area (Å²) in [6.45, 7) is 9.70. The van der Waals surface area contributed by atoms with E-state index in [9.17, 15) is 5.11 Å². The number of rotatable bonds is 6. The first kappa shape index (κ1) is 15.2. The van der Waals surface area contributed by atoms with Gasteiger partial charge in [-0.2, -0.15) is 0 Å². The SMILES string of the molecule is CC(C)NCC1(CN2CCCC2CO)CCCOC1. The van der Waals surface area contributed by atoms with Crippen LogP contribution >= 0.6 is 0 Å². The van der Waals surface area contributed by atoms with E-state index < -0.39 is 0 Å². The lowest BCUT2D eigenvalue weighted by atomic mass is 9.81. The van der Waals surface area contributed by atoms with E-state index in [1.165, 1.54) is 12.8 Å². The van der Waals surface area contributed by atoms with Gasteiger partial charge < -0.3 is 15.2 Å². The first-order valence-corrected chi connectivity index (χ1v) is 7.81. The van der Waals surface area contributed by atoms with E-state index >= 15 is 0 Å². The Morgan fingerprint density at radius 3 is 2.89 bits per heavy atom. The van der Waals surface area contributed by atoms with Crippen LogP contribution < -0.4 is 5.32 Å². The molecule has 0 spiro atoms. The van der Waals surface area contributed by atoms with Gasteiger partial charge in [0.15, 0.2) is 0 Å². The van der Waals surface area contributed by atoms with E-state index in [-0.39, 0.29) is 5.41 Å². The zero-order valence-corrected chi connectivity index (χ0v) is 12.5. The van der Waals surface area contributed by atoms with Gasteiger partial charge in [0.1, 0.15) is 0 Å². The second kappa shape index (κ2) is 7.02. The minimum absolute atomic E-state index is 0.236. The molecule has 4 nitrogen and oxygen atoms in total. The summed E-state index contributed by atoms with van der Waals surface area (Å²) < 4.78 is 5.77. The van der Waals surface area contributed by atoms with Crippen molar-refractivity contribution >= 4 is 0 Å². The number of ether oxygens (including phenoxy) is 1. The molecule has 0 radical (unpaired) electrons. The van der Waals surface area contributed by atoms with Crippen LogP contribution in [0.1, 0.15) is 39.5 Å². The molecule has 2 fully saturated rings. The first-order valence-electron chi connectivity index (χ1n) is 7.81. The van der Waals surface area contributed by atoms with E-state index in [0.717, 1.165) is 45.7 Å². The number of nitrogens with zero attached hydrogens (tertiary/aromatic N) is 1. The van der Waals surface area contributed by atoms with Gasteiger partial charge in [-0.05, 0) is 32.2 Å². The lowest BCUT2D eigenvalue weighted by Gasteiger charge is -2.42. The van der Waals surface area contributed by atoms with Crippen LogP contribution in [-0.2, 0) is 4.74 Å². The maximum atomic E-state index is 9.48. The molecule has 0 amide bonds. The molecule has 2 aliphatic heterocycles. The van der Waals surface area contributed by atoms with Crippen molar-refractivity contribution in [2.24, 2.45) is 5.41 Å². The average molecular weight is 270 g/mol. The van der Waals surface area contributed by atoms with Crippen LogP contribution in [0.2, 0.25) is 0 Å². The second-order valence-electron chi connectivity index (χ2n) is 6.64.